The molecule has 10 heteroatoms. The number of nitrogens with zero attached hydrogens (tertiary/aromatic N) is 4. The zero-order chi connectivity index (χ0) is 26.8. The molecule has 1 aliphatic rings. The van der Waals surface area contributed by atoms with E-state index in [9.17, 15) is 14.9 Å². The van der Waals surface area contributed by atoms with Crippen LogP contribution in [0.3, 0.4) is 0 Å². The van der Waals surface area contributed by atoms with E-state index in [0.717, 1.165) is 45.5 Å². The Morgan fingerprint density at radius 2 is 1.95 bits per heavy atom. The molecule has 4 aromatic rings. The number of carbonyl (C=O) groups excluding carboxylic acids is 2. The third-order valence-electron chi connectivity index (χ3n) is 6.51. The molecule has 2 aromatic heterocycles. The molecule has 0 saturated carbocycles. The van der Waals surface area contributed by atoms with Crippen LogP contribution in [0.15, 0.2) is 53.7 Å². The van der Waals surface area contributed by atoms with Gasteiger partial charge in [0.15, 0.2) is 11.3 Å². The summed E-state index contributed by atoms with van der Waals surface area (Å²) in [5, 5.41) is 22.2. The molecule has 8 nitrogen and oxygen atoms in total. The molecule has 192 valence electrons. The Hall–Kier alpha value is -3.94. The van der Waals surface area contributed by atoms with E-state index in [1.165, 1.54) is 28.7 Å². The zero-order valence-corrected chi connectivity index (χ0v) is 22.8. The molecule has 1 atom stereocenters. The summed E-state index contributed by atoms with van der Waals surface area (Å²) in [7, 11) is 0. The number of benzene rings is 2. The van der Waals surface area contributed by atoms with Crippen LogP contribution in [0, 0.1) is 18.3 Å². The number of aromatic nitrogens is 3. The Morgan fingerprint density at radius 1 is 1.18 bits per heavy atom. The number of esters is 1. The number of ether oxygens (including phenoxy) is 1. The Morgan fingerprint density at radius 3 is 2.66 bits per heavy atom. The first-order chi connectivity index (χ1) is 18.4. The summed E-state index contributed by atoms with van der Waals surface area (Å²) >= 11 is 2.87. The number of amides is 1. The molecule has 0 aliphatic heterocycles. The lowest BCUT2D eigenvalue weighted by Crippen LogP contribution is -2.32. The van der Waals surface area contributed by atoms with Crippen LogP contribution < -0.4 is 5.32 Å². The topological polar surface area (TPSA) is 110 Å². The van der Waals surface area contributed by atoms with Crippen molar-refractivity contribution in [2.75, 3.05) is 11.6 Å². The summed E-state index contributed by atoms with van der Waals surface area (Å²) in [4.78, 5) is 27.0. The van der Waals surface area contributed by atoms with Gasteiger partial charge in [-0.2, -0.15) is 5.26 Å². The molecule has 38 heavy (non-hydrogen) atoms. The first-order valence-electron chi connectivity index (χ1n) is 12.2. The zero-order valence-electron chi connectivity index (χ0n) is 21.1. The maximum atomic E-state index is 13.1. The lowest BCUT2D eigenvalue weighted by Gasteiger charge is -2.16. The molecule has 0 spiro atoms. The molecule has 2 aromatic carbocycles. The Bertz CT molecular complexity index is 1570. The lowest BCUT2D eigenvalue weighted by molar-refractivity contribution is -0.124. The third-order valence-corrected chi connectivity index (χ3v) is 8.32. The van der Waals surface area contributed by atoms with Crippen LogP contribution in [-0.4, -0.2) is 39.0 Å². The van der Waals surface area contributed by atoms with Crippen LogP contribution in [0.25, 0.3) is 16.1 Å². The second-order valence-electron chi connectivity index (χ2n) is 8.79. The largest absolute Gasteiger partial charge is 0.449 e. The van der Waals surface area contributed by atoms with Crippen molar-refractivity contribution in [2.45, 2.75) is 44.4 Å². The van der Waals surface area contributed by atoms with Crippen LogP contribution in [0.5, 0.6) is 0 Å². The van der Waals surface area contributed by atoms with E-state index in [2.05, 4.69) is 27.6 Å². The molecule has 2 heterocycles. The highest BCUT2D eigenvalue weighted by Crippen LogP contribution is 2.44. The van der Waals surface area contributed by atoms with Crippen molar-refractivity contribution < 1.29 is 14.3 Å². The fourth-order valence-electron chi connectivity index (χ4n) is 4.58. The molecular weight excluding hydrogens is 518 g/mol. The summed E-state index contributed by atoms with van der Waals surface area (Å²) in [6.45, 7) is 3.64. The minimum absolute atomic E-state index is 0.294. The highest BCUT2D eigenvalue weighted by Gasteiger charge is 2.28. The Kier molecular flexibility index (Phi) is 7.31. The number of thiophene rings is 1. The van der Waals surface area contributed by atoms with Crippen molar-refractivity contribution >= 4 is 40.0 Å². The van der Waals surface area contributed by atoms with Gasteiger partial charge in [-0.15, -0.1) is 21.5 Å². The maximum Gasteiger partial charge on any atom is 0.338 e. The second kappa shape index (κ2) is 10.8. The van der Waals surface area contributed by atoms with E-state index in [0.29, 0.717) is 22.5 Å². The number of aryl methyl sites for hydroxylation is 2. The predicted molar refractivity (Wildman–Crippen MR) is 148 cm³/mol. The lowest BCUT2D eigenvalue weighted by atomic mass is 9.90. The molecule has 0 radical (unpaired) electrons. The summed E-state index contributed by atoms with van der Waals surface area (Å²) in [6, 6.07) is 17.3. The number of anilines is 1. The number of hydrogen-bond acceptors (Lipinski definition) is 8. The summed E-state index contributed by atoms with van der Waals surface area (Å²) < 4.78 is 7.48. The van der Waals surface area contributed by atoms with E-state index < -0.39 is 18.0 Å². The second-order valence-corrected chi connectivity index (χ2v) is 10.6. The van der Waals surface area contributed by atoms with Gasteiger partial charge in [0, 0.05) is 10.6 Å². The van der Waals surface area contributed by atoms with Gasteiger partial charge in [0.1, 0.15) is 16.9 Å². The number of fused-ring (bicyclic) bond motifs is 3. The molecule has 0 bridgehead atoms. The molecule has 1 N–H and O–H groups in total. The highest BCUT2D eigenvalue weighted by atomic mass is 32.2. The van der Waals surface area contributed by atoms with Crippen LogP contribution >= 0.6 is 23.1 Å². The van der Waals surface area contributed by atoms with Crippen molar-refractivity contribution in [2.24, 2.45) is 0 Å². The van der Waals surface area contributed by atoms with Crippen LogP contribution in [0.4, 0.5) is 5.00 Å². The molecule has 1 aliphatic carbocycles. The quantitative estimate of drug-likeness (QED) is 0.240. The maximum absolute atomic E-state index is 13.1. The minimum Gasteiger partial charge on any atom is -0.449 e. The number of nitriles is 1. The van der Waals surface area contributed by atoms with Crippen molar-refractivity contribution in [3.05, 3.63) is 76.6 Å². The monoisotopic (exact) mass is 543 g/mol. The van der Waals surface area contributed by atoms with Gasteiger partial charge in [-0.05, 0) is 73.4 Å². The van der Waals surface area contributed by atoms with Gasteiger partial charge >= 0.3 is 5.97 Å². The van der Waals surface area contributed by atoms with E-state index in [-0.39, 0.29) is 0 Å². The van der Waals surface area contributed by atoms with Crippen molar-refractivity contribution in [3.63, 3.8) is 0 Å². The van der Waals surface area contributed by atoms with Gasteiger partial charge in [0.05, 0.1) is 11.1 Å². The molecule has 0 fully saturated rings. The summed E-state index contributed by atoms with van der Waals surface area (Å²) in [6.07, 6.45) is 2.82. The standard InChI is InChI=1S/C28H25N5O3S2/c1-4-23(36-27(35)18-9-12-19(13-10-18)33-16(2)31-32-28(33)37-3)25(34)30-26-22(15-29)21-14-11-17-7-5-6-8-20(17)24(21)38-26/h5-10,12-13,23H,4,11,14H2,1-3H3,(H,30,34). The average molecular weight is 544 g/mol. The number of carbonyl (C=O) groups is 2. The van der Waals surface area contributed by atoms with Gasteiger partial charge in [-0.3, -0.25) is 9.36 Å². The Labute approximate surface area is 228 Å². The van der Waals surface area contributed by atoms with Gasteiger partial charge in [0.2, 0.25) is 0 Å². The molecule has 0 saturated heterocycles. The number of nitrogens with one attached hydrogen (secondary N) is 1. The predicted octanol–water partition coefficient (Wildman–Crippen LogP) is 5.57. The third kappa shape index (κ3) is 4.71. The van der Waals surface area contributed by atoms with E-state index in [1.807, 2.05) is 35.9 Å². The smallest absolute Gasteiger partial charge is 0.338 e. The van der Waals surface area contributed by atoms with Gasteiger partial charge in [-0.25, -0.2) is 4.79 Å². The average Bonchev–Trinajstić information content (AvgIpc) is 3.50. The van der Waals surface area contributed by atoms with Crippen LogP contribution in [0.2, 0.25) is 0 Å². The number of hydrogen-bond donors (Lipinski definition) is 1. The van der Waals surface area contributed by atoms with Crippen LogP contribution in [0.1, 0.15) is 46.2 Å². The van der Waals surface area contributed by atoms with Gasteiger partial charge in [0.25, 0.3) is 5.91 Å². The normalized spacial score (nSPS) is 12.7. The fraction of sp³-hybridized carbons (Fsp3) is 0.250. The minimum atomic E-state index is -0.997. The van der Waals surface area contributed by atoms with Crippen molar-refractivity contribution in [1.82, 2.24) is 14.8 Å². The first kappa shape index (κ1) is 25.7. The first-order valence-corrected chi connectivity index (χ1v) is 14.2. The van der Waals surface area contributed by atoms with Crippen molar-refractivity contribution in [3.8, 4) is 22.2 Å². The highest BCUT2D eigenvalue weighted by molar-refractivity contribution is 7.98. The van der Waals surface area contributed by atoms with E-state index in [4.69, 9.17) is 4.74 Å². The molecule has 1 amide bonds. The SMILES string of the molecule is CCC(OC(=O)c1ccc(-n2c(C)nnc2SC)cc1)C(=O)Nc1sc2c(c1C#N)CCc1ccccc1-2. The van der Waals surface area contributed by atoms with E-state index >= 15 is 0 Å². The molecular formula is C28H25N5O3S2. The number of rotatable bonds is 7. The summed E-state index contributed by atoms with van der Waals surface area (Å²) in [5.41, 5.74) is 4.94. The molecule has 1 unspecified atom stereocenters. The van der Waals surface area contributed by atoms with Gasteiger partial charge in [-0.1, -0.05) is 43.0 Å². The summed E-state index contributed by atoms with van der Waals surface area (Å²) in [5.74, 6) is -0.308. The van der Waals surface area contributed by atoms with Crippen molar-refractivity contribution in [1.29, 1.82) is 5.26 Å². The van der Waals surface area contributed by atoms with Gasteiger partial charge < -0.3 is 10.1 Å². The number of thioether (sulfide) groups is 1. The Balaban J connectivity index is 1.31. The molecule has 5 rings (SSSR count). The van der Waals surface area contributed by atoms with E-state index in [1.54, 1.807) is 31.2 Å². The fourth-order valence-corrected chi connectivity index (χ4v) is 6.38. The van der Waals surface area contributed by atoms with Crippen LogP contribution in [-0.2, 0) is 22.4 Å².